The molecular formula is C58H100O16. The van der Waals surface area contributed by atoms with E-state index in [9.17, 15) is 38.7 Å². The molecule has 7 fully saturated rings. The number of carbonyl (C=O) groups excluding carboxylic acids is 7. The highest BCUT2D eigenvalue weighted by atomic mass is 16.6. The molecule has 16 nitrogen and oxygen atoms in total. The summed E-state index contributed by atoms with van der Waals surface area (Å²) in [6.45, 7) is 47.7. The lowest BCUT2D eigenvalue weighted by Crippen LogP contribution is -2.45. The third-order valence-electron chi connectivity index (χ3n) is 16.2. The highest BCUT2D eigenvalue weighted by Crippen LogP contribution is 2.46. The van der Waals surface area contributed by atoms with Crippen molar-refractivity contribution in [2.45, 2.75) is 207 Å². The number of aliphatic hydroxyl groups is 2. The summed E-state index contributed by atoms with van der Waals surface area (Å²) < 4.78 is 34.5. The van der Waals surface area contributed by atoms with Crippen LogP contribution >= 0.6 is 0 Å². The molecule has 2 N–H and O–H groups in total. The van der Waals surface area contributed by atoms with Gasteiger partial charge in [-0.05, 0) is 95.8 Å². The first-order valence-corrected chi connectivity index (χ1v) is 26.5. The molecule has 0 amide bonds. The van der Waals surface area contributed by atoms with Gasteiger partial charge in [-0.1, -0.05) is 102 Å². The molecule has 7 aliphatic rings. The first kappa shape index (κ1) is 68.1. The minimum atomic E-state index is -0.786. The van der Waals surface area contributed by atoms with E-state index in [0.29, 0.717) is 71.7 Å². The van der Waals surface area contributed by atoms with Crippen molar-refractivity contribution in [3.05, 3.63) is 12.2 Å². The van der Waals surface area contributed by atoms with Crippen molar-refractivity contribution in [3.63, 3.8) is 0 Å². The predicted molar refractivity (Wildman–Crippen MR) is 282 cm³/mol. The molecular weight excluding hydrogens is 953 g/mol. The van der Waals surface area contributed by atoms with Gasteiger partial charge in [-0.3, -0.25) is 33.6 Å². The molecule has 16 heteroatoms. The van der Waals surface area contributed by atoms with Crippen LogP contribution in [0.15, 0.2) is 12.2 Å². The lowest BCUT2D eigenvalue weighted by Gasteiger charge is -2.44. The van der Waals surface area contributed by atoms with Crippen LogP contribution < -0.4 is 0 Å². The SMILES string of the molecule is C=C(C1CCOC1=O)C(C)(C)C.CC(C)(O)C1COC(=O)C1.CC1(C)CCOC(=O)C1.CC1(C)CCOC(=O)C1(C)C.CC1(C)CCOCC1=O.CC1(C)COC(=O)CC1(C)C.CC1(CCO)CC(C)(C)C(=O)O1. The van der Waals surface area contributed by atoms with Crippen LogP contribution in [0.1, 0.15) is 196 Å². The van der Waals surface area contributed by atoms with Crippen molar-refractivity contribution >= 4 is 41.6 Å². The second-order valence-corrected chi connectivity index (χ2v) is 27.3. The normalized spacial score (nSPS) is 27.5. The Balaban J connectivity index is 0.000000433. The van der Waals surface area contributed by atoms with E-state index in [1.807, 2.05) is 48.5 Å². The van der Waals surface area contributed by atoms with Crippen LogP contribution in [0.3, 0.4) is 0 Å². The predicted octanol–water partition coefficient (Wildman–Crippen LogP) is 9.90. The van der Waals surface area contributed by atoms with E-state index in [2.05, 4.69) is 82.7 Å². The summed E-state index contributed by atoms with van der Waals surface area (Å²) in [6.07, 6.45) is 6.32. The number of rotatable bonds is 4. The number of aliphatic hydroxyl groups excluding tert-OH is 1. The third-order valence-corrected chi connectivity index (χ3v) is 16.2. The molecule has 7 rings (SSSR count). The third kappa shape index (κ3) is 21.3. The van der Waals surface area contributed by atoms with Gasteiger partial charge in [0.25, 0.3) is 0 Å². The number of hydrogen-bond acceptors (Lipinski definition) is 16. The fourth-order valence-electron chi connectivity index (χ4n) is 8.16. The van der Waals surface area contributed by atoms with Crippen molar-refractivity contribution in [1.29, 1.82) is 0 Å². The van der Waals surface area contributed by atoms with E-state index in [0.717, 1.165) is 37.9 Å². The van der Waals surface area contributed by atoms with Gasteiger partial charge in [0.2, 0.25) is 0 Å². The molecule has 428 valence electrons. The average molecular weight is 1050 g/mol. The van der Waals surface area contributed by atoms with E-state index in [1.165, 1.54) is 0 Å². The van der Waals surface area contributed by atoms with Crippen molar-refractivity contribution in [2.24, 2.45) is 55.2 Å². The van der Waals surface area contributed by atoms with Crippen LogP contribution in [-0.2, 0) is 66.7 Å². The summed E-state index contributed by atoms with van der Waals surface area (Å²) in [4.78, 5) is 76.9. The van der Waals surface area contributed by atoms with Crippen molar-refractivity contribution in [1.82, 2.24) is 0 Å². The topological polar surface area (TPSA) is 225 Å². The number of hydrogen-bond donors (Lipinski definition) is 2. The first-order chi connectivity index (χ1) is 33.3. The lowest BCUT2D eigenvalue weighted by atomic mass is 9.65. The number of esters is 6. The minimum Gasteiger partial charge on any atom is -0.466 e. The number of carbonyl (C=O) groups is 7. The van der Waals surface area contributed by atoms with Crippen LogP contribution in [0.2, 0.25) is 0 Å². The smallest absolute Gasteiger partial charge is 0.313 e. The van der Waals surface area contributed by atoms with Gasteiger partial charge >= 0.3 is 35.8 Å². The monoisotopic (exact) mass is 1050 g/mol. The summed E-state index contributed by atoms with van der Waals surface area (Å²) in [5.41, 5.74) is -0.644. The molecule has 7 aliphatic heterocycles. The van der Waals surface area contributed by atoms with Gasteiger partial charge in [-0.25, -0.2) is 0 Å². The van der Waals surface area contributed by atoms with E-state index < -0.39 is 11.2 Å². The fraction of sp³-hybridized carbons (Fsp3) is 0.845. The van der Waals surface area contributed by atoms with Gasteiger partial charge in [0, 0.05) is 42.8 Å². The van der Waals surface area contributed by atoms with Gasteiger partial charge in [0.1, 0.15) is 12.2 Å². The zero-order valence-corrected chi connectivity index (χ0v) is 49.5. The number of ketones is 1. The Kier molecular flexibility index (Phi) is 24.3. The Hall–Kier alpha value is -3.89. The van der Waals surface area contributed by atoms with Crippen LogP contribution in [0.25, 0.3) is 0 Å². The highest BCUT2D eigenvalue weighted by molar-refractivity contribution is 5.85. The van der Waals surface area contributed by atoms with Crippen LogP contribution in [-0.4, -0.2) is 116 Å². The maximum absolute atomic E-state index is 11.3. The minimum absolute atomic E-state index is 0.00796. The number of ether oxygens (including phenoxy) is 7. The van der Waals surface area contributed by atoms with Gasteiger partial charge in [-0.2, -0.15) is 0 Å². The summed E-state index contributed by atoms with van der Waals surface area (Å²) >= 11 is 0. The largest absolute Gasteiger partial charge is 0.466 e. The zero-order chi connectivity index (χ0) is 57.7. The van der Waals surface area contributed by atoms with E-state index >= 15 is 0 Å². The van der Waals surface area contributed by atoms with Crippen LogP contribution in [0, 0.1) is 55.2 Å². The maximum atomic E-state index is 11.3. The molecule has 7 heterocycles. The molecule has 3 unspecified atom stereocenters. The Morgan fingerprint density at radius 1 is 0.622 bits per heavy atom. The summed E-state index contributed by atoms with van der Waals surface area (Å²) in [7, 11) is 0. The molecule has 0 aromatic rings. The van der Waals surface area contributed by atoms with Crippen molar-refractivity contribution in [3.8, 4) is 0 Å². The molecule has 0 bridgehead atoms. The van der Waals surface area contributed by atoms with E-state index in [1.54, 1.807) is 13.8 Å². The second-order valence-electron chi connectivity index (χ2n) is 27.3. The standard InChI is InChI=1S/C10H16O2.C9H16O3.2C9H16O2.C7H12O3.2C7H12O2/c1-7(10(2,3)4)8-5-6-12-9(8)11;1-8(2)6-9(3,4-5-10)12-7(8)11;1-8(2)5-7(10)11-6-9(8,3)4;1-8(2)5-6-11-7(10)9(8,3)4;1-7(2,9)5-3-6(8)10-4-5;1-7(2)3-4-9-5-6(7)8;1-7(2)3-4-9-6(8)5-7/h8H,1,5-6H2,2-4H3;10H,4-6H2,1-3H3;2*5-6H2,1-4H3;5,9H,3-4H2,1-2H3;2*3-5H2,1-2H3. The molecule has 0 radical (unpaired) electrons. The average Bonchev–Trinajstić information content (AvgIpc) is 3.93. The molecule has 7 saturated heterocycles. The quantitative estimate of drug-likeness (QED) is 0.152. The first-order valence-electron chi connectivity index (χ1n) is 26.5. The van der Waals surface area contributed by atoms with Crippen molar-refractivity contribution < 1.29 is 76.9 Å². The van der Waals surface area contributed by atoms with E-state index in [-0.39, 0.29) is 103 Å². The van der Waals surface area contributed by atoms with Crippen LogP contribution in [0.5, 0.6) is 0 Å². The molecule has 0 aromatic carbocycles. The van der Waals surface area contributed by atoms with E-state index in [4.69, 9.17) is 38.3 Å². The Labute approximate surface area is 444 Å². The lowest BCUT2D eigenvalue weighted by molar-refractivity contribution is -0.172. The number of Topliss-reactive ketones (excluding diaryl/α,β-unsaturated/α-hetero) is 1. The van der Waals surface area contributed by atoms with Crippen molar-refractivity contribution in [2.75, 3.05) is 52.9 Å². The molecule has 0 saturated carbocycles. The van der Waals surface area contributed by atoms with Gasteiger partial charge < -0.3 is 43.4 Å². The second kappa shape index (κ2) is 26.4. The van der Waals surface area contributed by atoms with Gasteiger partial charge in [0.05, 0.1) is 74.6 Å². The summed E-state index contributed by atoms with van der Waals surface area (Å²) in [6, 6.07) is 0. The molecule has 0 aromatic heterocycles. The molecule has 0 spiro atoms. The highest BCUT2D eigenvalue weighted by Gasteiger charge is 2.49. The Bertz CT molecular complexity index is 1940. The van der Waals surface area contributed by atoms with Gasteiger partial charge in [0.15, 0.2) is 5.78 Å². The number of cyclic esters (lactones) is 6. The summed E-state index contributed by atoms with van der Waals surface area (Å²) in [5.74, 6) is -0.492. The molecule has 3 atom stereocenters. The van der Waals surface area contributed by atoms with Gasteiger partial charge in [-0.15, -0.1) is 0 Å². The Morgan fingerprint density at radius 2 is 1.19 bits per heavy atom. The zero-order valence-electron chi connectivity index (χ0n) is 49.5. The van der Waals surface area contributed by atoms with Crippen LogP contribution in [0.4, 0.5) is 0 Å². The summed E-state index contributed by atoms with van der Waals surface area (Å²) in [5, 5.41) is 18.2. The molecule has 74 heavy (non-hydrogen) atoms. The Morgan fingerprint density at radius 3 is 1.51 bits per heavy atom. The fourth-order valence-corrected chi connectivity index (χ4v) is 8.16. The molecule has 0 aliphatic carbocycles. The maximum Gasteiger partial charge on any atom is 0.313 e.